The van der Waals surface area contributed by atoms with Gasteiger partial charge >= 0.3 is 6.18 Å². The molecule has 21 heavy (non-hydrogen) atoms. The van der Waals surface area contributed by atoms with Crippen molar-refractivity contribution in [3.8, 4) is 0 Å². The Morgan fingerprint density at radius 2 is 1.57 bits per heavy atom. The van der Waals surface area contributed by atoms with Gasteiger partial charge in [-0.1, -0.05) is 0 Å². The van der Waals surface area contributed by atoms with Crippen LogP contribution in [0.2, 0.25) is 0 Å². The van der Waals surface area contributed by atoms with Crippen molar-refractivity contribution in [3.63, 3.8) is 0 Å². The second-order valence-electron chi connectivity index (χ2n) is 4.15. The summed E-state index contributed by atoms with van der Waals surface area (Å²) in [5.74, 6) is -2.44. The van der Waals surface area contributed by atoms with Crippen LogP contribution in [0.4, 0.5) is 27.6 Å². The molecule has 2 nitrogen and oxygen atoms in total. The number of amides is 1. The molecule has 0 aliphatic carbocycles. The summed E-state index contributed by atoms with van der Waals surface area (Å²) in [6, 6.07) is 5.86. The third-order valence-electron chi connectivity index (χ3n) is 2.65. The highest BCUT2D eigenvalue weighted by atomic mass is 19.4. The molecule has 0 heterocycles. The molecule has 7 heteroatoms. The van der Waals surface area contributed by atoms with E-state index in [4.69, 9.17) is 0 Å². The lowest BCUT2D eigenvalue weighted by atomic mass is 10.1. The fourth-order valence-corrected chi connectivity index (χ4v) is 1.60. The third-order valence-corrected chi connectivity index (χ3v) is 2.65. The first kappa shape index (κ1) is 15.0. The second-order valence-corrected chi connectivity index (χ2v) is 4.15. The third kappa shape index (κ3) is 3.56. The number of carbonyl (C=O) groups is 1. The van der Waals surface area contributed by atoms with Crippen LogP contribution in [0.3, 0.4) is 0 Å². The standard InChI is InChI=1S/C14H8F5NO/c15-10-5-6-11(16)12(7-10)20-13(21)8-1-3-9(4-2-8)14(17,18)19/h1-7H,(H,20,21). The minimum Gasteiger partial charge on any atom is -0.319 e. The molecule has 1 N–H and O–H groups in total. The number of anilines is 1. The summed E-state index contributed by atoms with van der Waals surface area (Å²) in [5.41, 5.74) is -1.40. The molecule has 0 unspecified atom stereocenters. The smallest absolute Gasteiger partial charge is 0.319 e. The van der Waals surface area contributed by atoms with E-state index in [1.54, 1.807) is 0 Å². The van der Waals surface area contributed by atoms with Gasteiger partial charge in [0, 0.05) is 11.6 Å². The minimum absolute atomic E-state index is 0.105. The Morgan fingerprint density at radius 3 is 2.14 bits per heavy atom. The maximum absolute atomic E-state index is 13.3. The highest BCUT2D eigenvalue weighted by Crippen LogP contribution is 2.29. The van der Waals surface area contributed by atoms with Gasteiger partial charge in [0.25, 0.3) is 5.91 Å². The predicted molar refractivity (Wildman–Crippen MR) is 65.8 cm³/mol. The molecule has 0 saturated carbocycles. The number of carbonyl (C=O) groups excluding carboxylic acids is 1. The molecule has 110 valence electrons. The lowest BCUT2D eigenvalue weighted by Gasteiger charge is -2.09. The maximum Gasteiger partial charge on any atom is 0.416 e. The maximum atomic E-state index is 13.3. The van der Waals surface area contributed by atoms with Gasteiger partial charge in [-0.15, -0.1) is 0 Å². The van der Waals surface area contributed by atoms with Crippen molar-refractivity contribution in [2.75, 3.05) is 5.32 Å². The number of alkyl halides is 3. The Morgan fingerprint density at radius 1 is 0.952 bits per heavy atom. The molecule has 0 aromatic heterocycles. The Hall–Kier alpha value is -2.44. The fourth-order valence-electron chi connectivity index (χ4n) is 1.60. The van der Waals surface area contributed by atoms with E-state index in [9.17, 15) is 26.7 Å². The van der Waals surface area contributed by atoms with E-state index >= 15 is 0 Å². The van der Waals surface area contributed by atoms with Gasteiger partial charge in [-0.25, -0.2) is 8.78 Å². The molecule has 0 aliphatic rings. The number of hydrogen-bond donors (Lipinski definition) is 1. The summed E-state index contributed by atoms with van der Waals surface area (Å²) in [4.78, 5) is 11.8. The number of hydrogen-bond acceptors (Lipinski definition) is 1. The lowest BCUT2D eigenvalue weighted by molar-refractivity contribution is -0.137. The van der Waals surface area contributed by atoms with Crippen LogP contribution in [0.15, 0.2) is 42.5 Å². The Kier molecular flexibility index (Phi) is 3.93. The first-order valence-corrected chi connectivity index (χ1v) is 5.71. The molecule has 0 atom stereocenters. The molecule has 0 fully saturated rings. The Balaban J connectivity index is 2.19. The van der Waals surface area contributed by atoms with Gasteiger partial charge in [0.2, 0.25) is 0 Å². The summed E-state index contributed by atoms with van der Waals surface area (Å²) in [6.07, 6.45) is -4.51. The van der Waals surface area contributed by atoms with E-state index in [-0.39, 0.29) is 11.3 Å². The van der Waals surface area contributed by atoms with Crippen LogP contribution >= 0.6 is 0 Å². The molecule has 1 amide bonds. The highest BCUT2D eigenvalue weighted by molar-refractivity contribution is 6.04. The molecular weight excluding hydrogens is 293 g/mol. The van der Waals surface area contributed by atoms with E-state index in [2.05, 4.69) is 5.32 Å². The number of benzene rings is 2. The highest BCUT2D eigenvalue weighted by Gasteiger charge is 2.30. The topological polar surface area (TPSA) is 29.1 Å². The van der Waals surface area contributed by atoms with Gasteiger partial charge < -0.3 is 5.32 Å². The average molecular weight is 301 g/mol. The van der Waals surface area contributed by atoms with Crippen molar-refractivity contribution in [1.29, 1.82) is 0 Å². The van der Waals surface area contributed by atoms with Gasteiger partial charge in [-0.2, -0.15) is 13.2 Å². The molecule has 0 bridgehead atoms. The van der Waals surface area contributed by atoms with Crippen LogP contribution in [-0.4, -0.2) is 5.91 Å². The van der Waals surface area contributed by atoms with Gasteiger partial charge in [0.15, 0.2) is 0 Å². The quantitative estimate of drug-likeness (QED) is 0.826. The van der Waals surface area contributed by atoms with Crippen LogP contribution < -0.4 is 5.32 Å². The molecule has 2 aromatic carbocycles. The normalized spacial score (nSPS) is 11.3. The van der Waals surface area contributed by atoms with Crippen LogP contribution in [-0.2, 0) is 6.18 Å². The van der Waals surface area contributed by atoms with Crippen molar-refractivity contribution < 1.29 is 26.7 Å². The lowest BCUT2D eigenvalue weighted by Crippen LogP contribution is -2.14. The first-order chi connectivity index (χ1) is 9.77. The summed E-state index contributed by atoms with van der Waals surface area (Å²) < 4.78 is 63.4. The van der Waals surface area contributed by atoms with E-state index in [1.165, 1.54) is 0 Å². The summed E-state index contributed by atoms with van der Waals surface area (Å²) >= 11 is 0. The van der Waals surface area contributed by atoms with Crippen LogP contribution in [0, 0.1) is 11.6 Å². The van der Waals surface area contributed by atoms with Crippen molar-refractivity contribution in [2.24, 2.45) is 0 Å². The fraction of sp³-hybridized carbons (Fsp3) is 0.0714. The van der Waals surface area contributed by atoms with E-state index in [0.29, 0.717) is 0 Å². The minimum atomic E-state index is -4.51. The molecule has 0 spiro atoms. The average Bonchev–Trinajstić information content (AvgIpc) is 2.42. The summed E-state index contributed by atoms with van der Waals surface area (Å²) in [5, 5.41) is 2.09. The zero-order valence-corrected chi connectivity index (χ0v) is 10.3. The van der Waals surface area contributed by atoms with Crippen molar-refractivity contribution in [3.05, 3.63) is 65.2 Å². The molecule has 0 aliphatic heterocycles. The molecule has 2 aromatic rings. The predicted octanol–water partition coefficient (Wildman–Crippen LogP) is 4.24. The van der Waals surface area contributed by atoms with Gasteiger partial charge in [-0.05, 0) is 36.4 Å². The number of rotatable bonds is 2. The molecule has 0 radical (unpaired) electrons. The van der Waals surface area contributed by atoms with Crippen LogP contribution in [0.25, 0.3) is 0 Å². The van der Waals surface area contributed by atoms with E-state index in [0.717, 1.165) is 42.5 Å². The van der Waals surface area contributed by atoms with Crippen molar-refractivity contribution in [1.82, 2.24) is 0 Å². The molecule has 2 rings (SSSR count). The molecule has 0 saturated heterocycles. The van der Waals surface area contributed by atoms with Gasteiger partial charge in [0.1, 0.15) is 11.6 Å². The van der Waals surface area contributed by atoms with Crippen molar-refractivity contribution >= 4 is 11.6 Å². The Bertz CT molecular complexity index is 664. The van der Waals surface area contributed by atoms with E-state index < -0.39 is 29.3 Å². The van der Waals surface area contributed by atoms with E-state index in [1.807, 2.05) is 0 Å². The van der Waals surface area contributed by atoms with Gasteiger partial charge in [-0.3, -0.25) is 4.79 Å². The van der Waals surface area contributed by atoms with Crippen LogP contribution in [0.1, 0.15) is 15.9 Å². The van der Waals surface area contributed by atoms with Gasteiger partial charge in [0.05, 0.1) is 11.3 Å². The Labute approximate surface area is 116 Å². The number of halogens is 5. The summed E-state index contributed by atoms with van der Waals surface area (Å²) in [6.45, 7) is 0. The summed E-state index contributed by atoms with van der Waals surface area (Å²) in [7, 11) is 0. The monoisotopic (exact) mass is 301 g/mol. The number of nitrogens with one attached hydrogen (secondary N) is 1. The zero-order chi connectivity index (χ0) is 15.6. The second kappa shape index (κ2) is 5.51. The largest absolute Gasteiger partial charge is 0.416 e. The van der Waals surface area contributed by atoms with Crippen LogP contribution in [0.5, 0.6) is 0 Å². The first-order valence-electron chi connectivity index (χ1n) is 5.71. The SMILES string of the molecule is O=C(Nc1cc(F)ccc1F)c1ccc(C(F)(F)F)cc1. The zero-order valence-electron chi connectivity index (χ0n) is 10.3. The van der Waals surface area contributed by atoms with Crippen molar-refractivity contribution in [2.45, 2.75) is 6.18 Å². The molecular formula is C14H8F5NO.